The maximum Gasteiger partial charge on any atom is 0.142 e. The smallest absolute Gasteiger partial charge is 0.142 e. The summed E-state index contributed by atoms with van der Waals surface area (Å²) in [5.74, 6) is 1.36. The highest BCUT2D eigenvalue weighted by molar-refractivity contribution is 5.56. The van der Waals surface area contributed by atoms with Crippen LogP contribution in [-0.2, 0) is 6.61 Å². The molecule has 2 aromatic rings. The van der Waals surface area contributed by atoms with Crippen molar-refractivity contribution in [3.63, 3.8) is 0 Å². The molecule has 102 valence electrons. The second kappa shape index (κ2) is 5.65. The van der Waals surface area contributed by atoms with Crippen LogP contribution < -0.4 is 15.2 Å². The van der Waals surface area contributed by atoms with Crippen molar-refractivity contribution in [2.24, 2.45) is 0 Å². The number of ether oxygens (including phenoxy) is 2. The third kappa shape index (κ3) is 3.19. The van der Waals surface area contributed by atoms with Gasteiger partial charge >= 0.3 is 0 Å². The maximum absolute atomic E-state index is 5.82. The summed E-state index contributed by atoms with van der Waals surface area (Å²) in [6.45, 7) is 4.59. The summed E-state index contributed by atoms with van der Waals surface area (Å²) < 4.78 is 12.7. The van der Waals surface area contributed by atoms with Gasteiger partial charge in [0, 0.05) is 18.3 Å². The molecule has 0 spiro atoms. The highest BCUT2D eigenvalue weighted by atomic mass is 16.5. The number of aromatic nitrogens is 2. The quantitative estimate of drug-likeness (QED) is 0.840. The molecule has 0 fully saturated rings. The second-order valence-corrected chi connectivity index (χ2v) is 4.57. The average Bonchev–Trinajstić information content (AvgIpc) is 2.85. The van der Waals surface area contributed by atoms with Gasteiger partial charge in [0.15, 0.2) is 0 Å². The van der Waals surface area contributed by atoms with Crippen LogP contribution in [0, 0.1) is 0 Å². The molecule has 0 atom stereocenters. The van der Waals surface area contributed by atoms with Gasteiger partial charge in [-0.1, -0.05) is 0 Å². The Morgan fingerprint density at radius 1 is 1.32 bits per heavy atom. The molecule has 0 saturated heterocycles. The van der Waals surface area contributed by atoms with E-state index >= 15 is 0 Å². The molecule has 0 aliphatic heterocycles. The molecule has 0 amide bonds. The van der Waals surface area contributed by atoms with Crippen molar-refractivity contribution < 1.29 is 9.47 Å². The summed E-state index contributed by atoms with van der Waals surface area (Å²) in [6, 6.07) is 7.67. The van der Waals surface area contributed by atoms with Crippen LogP contribution in [0.3, 0.4) is 0 Å². The Labute approximate surface area is 112 Å². The molecule has 2 N–H and O–H groups in total. The Kier molecular flexibility index (Phi) is 3.94. The molecule has 1 aromatic heterocycles. The Balaban J connectivity index is 1.99. The fourth-order valence-corrected chi connectivity index (χ4v) is 1.70. The lowest BCUT2D eigenvalue weighted by molar-refractivity contribution is 0.298. The van der Waals surface area contributed by atoms with Crippen LogP contribution >= 0.6 is 0 Å². The molecular formula is C14H19N3O2. The van der Waals surface area contributed by atoms with Gasteiger partial charge in [-0.2, -0.15) is 5.10 Å². The van der Waals surface area contributed by atoms with E-state index in [1.54, 1.807) is 19.2 Å². The maximum atomic E-state index is 5.82. The summed E-state index contributed by atoms with van der Waals surface area (Å²) in [4.78, 5) is 0. The monoisotopic (exact) mass is 261 g/mol. The highest BCUT2D eigenvalue weighted by Gasteiger charge is 2.05. The Morgan fingerprint density at radius 2 is 2.11 bits per heavy atom. The van der Waals surface area contributed by atoms with E-state index in [9.17, 15) is 0 Å². The summed E-state index contributed by atoms with van der Waals surface area (Å²) in [5.41, 5.74) is 7.27. The zero-order valence-corrected chi connectivity index (χ0v) is 11.5. The first-order chi connectivity index (χ1) is 9.10. The van der Waals surface area contributed by atoms with Gasteiger partial charge in [-0.3, -0.25) is 4.68 Å². The zero-order valence-electron chi connectivity index (χ0n) is 11.5. The average molecular weight is 261 g/mol. The van der Waals surface area contributed by atoms with Crippen LogP contribution in [0.5, 0.6) is 11.5 Å². The van der Waals surface area contributed by atoms with Crippen LogP contribution in [0.1, 0.15) is 25.6 Å². The zero-order chi connectivity index (χ0) is 13.8. The highest BCUT2D eigenvalue weighted by Crippen LogP contribution is 2.26. The lowest BCUT2D eigenvalue weighted by Crippen LogP contribution is -2.03. The lowest BCUT2D eigenvalue weighted by Gasteiger charge is -2.08. The molecule has 1 heterocycles. The molecule has 0 saturated carbocycles. The molecule has 1 aromatic carbocycles. The van der Waals surface area contributed by atoms with Crippen molar-refractivity contribution in [3.8, 4) is 11.5 Å². The molecule has 19 heavy (non-hydrogen) atoms. The largest absolute Gasteiger partial charge is 0.495 e. The predicted molar refractivity (Wildman–Crippen MR) is 74.4 cm³/mol. The summed E-state index contributed by atoms with van der Waals surface area (Å²) in [6.07, 6.45) is 1.95. The number of nitrogen functional groups attached to an aromatic ring is 1. The number of benzene rings is 1. The minimum absolute atomic E-state index is 0.352. The van der Waals surface area contributed by atoms with Gasteiger partial charge in [0.05, 0.1) is 18.5 Å². The van der Waals surface area contributed by atoms with Gasteiger partial charge in [0.1, 0.15) is 18.1 Å². The number of rotatable bonds is 5. The lowest BCUT2D eigenvalue weighted by atomic mass is 10.3. The third-order valence-electron chi connectivity index (χ3n) is 2.78. The van der Waals surface area contributed by atoms with E-state index in [2.05, 4.69) is 18.9 Å². The van der Waals surface area contributed by atoms with Gasteiger partial charge in [-0.15, -0.1) is 0 Å². The van der Waals surface area contributed by atoms with E-state index < -0.39 is 0 Å². The van der Waals surface area contributed by atoms with Crippen molar-refractivity contribution in [1.82, 2.24) is 9.78 Å². The first-order valence-electron chi connectivity index (χ1n) is 6.20. The molecule has 0 aliphatic rings. The molecule has 0 unspecified atom stereocenters. The van der Waals surface area contributed by atoms with Crippen molar-refractivity contribution in [3.05, 3.63) is 36.2 Å². The van der Waals surface area contributed by atoms with E-state index in [1.165, 1.54) is 0 Å². The molecule has 5 nitrogen and oxygen atoms in total. The number of hydrogen-bond donors (Lipinski definition) is 1. The first kappa shape index (κ1) is 13.3. The molecular weight excluding hydrogens is 242 g/mol. The van der Waals surface area contributed by atoms with Crippen LogP contribution in [0.2, 0.25) is 0 Å². The van der Waals surface area contributed by atoms with Crippen molar-refractivity contribution in [1.29, 1.82) is 0 Å². The Bertz CT molecular complexity index is 549. The van der Waals surface area contributed by atoms with E-state index in [1.807, 2.05) is 23.0 Å². The fourth-order valence-electron chi connectivity index (χ4n) is 1.70. The minimum Gasteiger partial charge on any atom is -0.495 e. The number of nitrogens with zero attached hydrogens (tertiary/aromatic N) is 2. The summed E-state index contributed by atoms with van der Waals surface area (Å²) in [7, 11) is 1.59. The van der Waals surface area contributed by atoms with E-state index in [0.29, 0.717) is 29.8 Å². The van der Waals surface area contributed by atoms with Crippen LogP contribution in [0.15, 0.2) is 30.5 Å². The van der Waals surface area contributed by atoms with Crippen LogP contribution in [0.25, 0.3) is 0 Å². The number of anilines is 1. The predicted octanol–water partition coefficient (Wildman–Crippen LogP) is 2.63. The molecule has 0 radical (unpaired) electrons. The summed E-state index contributed by atoms with van der Waals surface area (Å²) in [5, 5.41) is 4.42. The molecule has 2 rings (SSSR count). The number of methoxy groups -OCH3 is 1. The van der Waals surface area contributed by atoms with Crippen LogP contribution in [0.4, 0.5) is 5.69 Å². The first-order valence-corrected chi connectivity index (χ1v) is 6.20. The Hall–Kier alpha value is -2.17. The van der Waals surface area contributed by atoms with Gasteiger partial charge in [-0.25, -0.2) is 0 Å². The normalized spacial score (nSPS) is 10.7. The van der Waals surface area contributed by atoms with Crippen molar-refractivity contribution in [2.45, 2.75) is 26.5 Å². The Morgan fingerprint density at radius 3 is 2.68 bits per heavy atom. The SMILES string of the molecule is COc1ccc(OCc2ccn(C(C)C)n2)cc1N. The molecule has 0 aliphatic carbocycles. The fraction of sp³-hybridized carbons (Fsp3) is 0.357. The number of hydrogen-bond acceptors (Lipinski definition) is 4. The van der Waals surface area contributed by atoms with E-state index in [0.717, 1.165) is 5.69 Å². The van der Waals surface area contributed by atoms with Crippen molar-refractivity contribution >= 4 is 5.69 Å². The van der Waals surface area contributed by atoms with Gasteiger partial charge in [0.25, 0.3) is 0 Å². The van der Waals surface area contributed by atoms with Crippen molar-refractivity contribution in [2.75, 3.05) is 12.8 Å². The number of nitrogens with two attached hydrogens (primary N) is 1. The minimum atomic E-state index is 0.352. The van der Waals surface area contributed by atoms with E-state index in [-0.39, 0.29) is 0 Å². The third-order valence-corrected chi connectivity index (χ3v) is 2.78. The molecule has 0 bridgehead atoms. The van der Waals surface area contributed by atoms with Crippen LogP contribution in [-0.4, -0.2) is 16.9 Å². The van der Waals surface area contributed by atoms with Gasteiger partial charge in [-0.05, 0) is 32.0 Å². The van der Waals surface area contributed by atoms with E-state index in [4.69, 9.17) is 15.2 Å². The molecule has 5 heteroatoms. The summed E-state index contributed by atoms with van der Waals surface area (Å²) >= 11 is 0. The van der Waals surface area contributed by atoms with Gasteiger partial charge in [0.2, 0.25) is 0 Å². The second-order valence-electron chi connectivity index (χ2n) is 4.57. The van der Waals surface area contributed by atoms with Gasteiger partial charge < -0.3 is 15.2 Å². The topological polar surface area (TPSA) is 62.3 Å². The standard InChI is InChI=1S/C14H19N3O2/c1-10(2)17-7-6-11(16-17)9-19-12-4-5-14(18-3)13(15)8-12/h4-8,10H,9,15H2,1-3H3.